The normalized spacial score (nSPS) is 9.64. The molecule has 0 saturated heterocycles. The zero-order valence-corrected chi connectivity index (χ0v) is 7.36. The fourth-order valence-electron chi connectivity index (χ4n) is 0.646. The van der Waals surface area contributed by atoms with Gasteiger partial charge in [-0.25, -0.2) is 0 Å². The second kappa shape index (κ2) is 7.82. The van der Waals surface area contributed by atoms with E-state index in [0.717, 1.165) is 12.8 Å². The maximum absolute atomic E-state index is 10.9. The van der Waals surface area contributed by atoms with Crippen LogP contribution in [-0.2, 0) is 4.79 Å². The van der Waals surface area contributed by atoms with Gasteiger partial charge in [-0.05, 0) is 19.4 Å². The van der Waals surface area contributed by atoms with Crippen molar-refractivity contribution in [3.63, 3.8) is 0 Å². The molecule has 0 aromatic heterocycles. The number of hydrogen-bond donors (Lipinski definition) is 2. The van der Waals surface area contributed by atoms with Crippen LogP contribution in [-0.4, -0.2) is 24.9 Å². The molecule has 0 bridgehead atoms. The van der Waals surface area contributed by atoms with Crippen LogP contribution in [0.15, 0.2) is 0 Å². The van der Waals surface area contributed by atoms with Crippen molar-refractivity contribution in [3.05, 3.63) is 0 Å². The number of alkyl halides is 1. The summed E-state index contributed by atoms with van der Waals surface area (Å²) in [4.78, 5) is 10.9. The van der Waals surface area contributed by atoms with E-state index in [1.807, 2.05) is 0 Å². The summed E-state index contributed by atoms with van der Waals surface area (Å²) in [7, 11) is 0. The van der Waals surface area contributed by atoms with E-state index in [1.165, 1.54) is 0 Å². The van der Waals surface area contributed by atoms with E-state index in [9.17, 15) is 4.79 Å². The molecule has 4 heteroatoms. The van der Waals surface area contributed by atoms with E-state index in [4.69, 9.17) is 17.3 Å². The summed E-state index contributed by atoms with van der Waals surface area (Å²) in [6.45, 7) is 1.30. The first-order valence-corrected chi connectivity index (χ1v) is 4.37. The zero-order valence-electron chi connectivity index (χ0n) is 6.61. The molecule has 0 spiro atoms. The van der Waals surface area contributed by atoms with E-state index in [1.54, 1.807) is 0 Å². The third-order valence-corrected chi connectivity index (χ3v) is 1.51. The highest BCUT2D eigenvalue weighted by Crippen LogP contribution is 1.90. The average molecular weight is 179 g/mol. The third-order valence-electron chi connectivity index (χ3n) is 1.24. The standard InChI is InChI=1S/C7H15ClN2O/c8-4-1-3-7(11)10-6-2-5-9/h1-6,9H2,(H,10,11). The number of rotatable bonds is 6. The number of nitrogens with two attached hydrogens (primary N) is 1. The van der Waals surface area contributed by atoms with Crippen LogP contribution in [0.2, 0.25) is 0 Å². The Bertz CT molecular complexity index is 109. The molecule has 0 aliphatic heterocycles. The fourth-order valence-corrected chi connectivity index (χ4v) is 0.779. The van der Waals surface area contributed by atoms with Gasteiger partial charge in [0.25, 0.3) is 0 Å². The molecule has 3 N–H and O–H groups in total. The second-order valence-electron chi connectivity index (χ2n) is 2.28. The Morgan fingerprint density at radius 1 is 1.45 bits per heavy atom. The first-order chi connectivity index (χ1) is 5.31. The number of carbonyl (C=O) groups is 1. The van der Waals surface area contributed by atoms with Gasteiger partial charge in [0.2, 0.25) is 5.91 Å². The highest BCUT2D eigenvalue weighted by Gasteiger charge is 1.97. The molecular formula is C7H15ClN2O. The summed E-state index contributed by atoms with van der Waals surface area (Å²) < 4.78 is 0. The van der Waals surface area contributed by atoms with Gasteiger partial charge in [-0.1, -0.05) is 0 Å². The molecule has 0 aromatic rings. The molecule has 0 aromatic carbocycles. The van der Waals surface area contributed by atoms with E-state index >= 15 is 0 Å². The van der Waals surface area contributed by atoms with Crippen molar-refractivity contribution in [1.29, 1.82) is 0 Å². The lowest BCUT2D eigenvalue weighted by Gasteiger charge is -2.01. The highest BCUT2D eigenvalue weighted by atomic mass is 35.5. The smallest absolute Gasteiger partial charge is 0.220 e. The topological polar surface area (TPSA) is 55.1 Å². The van der Waals surface area contributed by atoms with Crippen LogP contribution in [0.3, 0.4) is 0 Å². The SMILES string of the molecule is NCCCNC(=O)CCCCl. The Kier molecular flexibility index (Phi) is 7.62. The predicted octanol–water partition coefficient (Wildman–Crippen LogP) is 0.470. The van der Waals surface area contributed by atoms with E-state index in [0.29, 0.717) is 25.4 Å². The summed E-state index contributed by atoms with van der Waals surface area (Å²) in [5.74, 6) is 0.615. The Morgan fingerprint density at radius 2 is 2.18 bits per heavy atom. The zero-order chi connectivity index (χ0) is 8.53. The summed E-state index contributed by atoms with van der Waals surface area (Å²) in [6, 6.07) is 0. The lowest BCUT2D eigenvalue weighted by molar-refractivity contribution is -0.121. The van der Waals surface area contributed by atoms with Crippen molar-refractivity contribution < 1.29 is 4.79 Å². The van der Waals surface area contributed by atoms with Crippen LogP contribution in [0.4, 0.5) is 0 Å². The van der Waals surface area contributed by atoms with Crippen LogP contribution in [0.5, 0.6) is 0 Å². The molecule has 0 atom stereocenters. The number of carbonyl (C=O) groups excluding carboxylic acids is 1. The Balaban J connectivity index is 3.09. The van der Waals surface area contributed by atoms with Gasteiger partial charge in [0.15, 0.2) is 0 Å². The summed E-state index contributed by atoms with van der Waals surface area (Å²) in [6.07, 6.45) is 2.11. The molecule has 0 rings (SSSR count). The highest BCUT2D eigenvalue weighted by molar-refractivity contribution is 6.17. The summed E-state index contributed by atoms with van der Waals surface area (Å²) in [5, 5.41) is 2.74. The number of hydrogen-bond acceptors (Lipinski definition) is 2. The summed E-state index contributed by atoms with van der Waals surface area (Å²) in [5.41, 5.74) is 5.24. The molecule has 1 amide bonds. The fraction of sp³-hybridized carbons (Fsp3) is 0.857. The van der Waals surface area contributed by atoms with Crippen LogP contribution < -0.4 is 11.1 Å². The molecule has 0 radical (unpaired) electrons. The molecule has 0 unspecified atom stereocenters. The molecule has 0 aliphatic rings. The van der Waals surface area contributed by atoms with Gasteiger partial charge in [0.05, 0.1) is 0 Å². The quantitative estimate of drug-likeness (QED) is 0.459. The third kappa shape index (κ3) is 7.62. The van der Waals surface area contributed by atoms with Gasteiger partial charge in [-0.3, -0.25) is 4.79 Å². The predicted molar refractivity (Wildman–Crippen MR) is 46.6 cm³/mol. The number of halogens is 1. The minimum absolute atomic E-state index is 0.0686. The van der Waals surface area contributed by atoms with Gasteiger partial charge >= 0.3 is 0 Å². The molecule has 3 nitrogen and oxygen atoms in total. The van der Waals surface area contributed by atoms with E-state index in [2.05, 4.69) is 5.32 Å². The van der Waals surface area contributed by atoms with Crippen LogP contribution in [0.25, 0.3) is 0 Å². The lowest BCUT2D eigenvalue weighted by Crippen LogP contribution is -2.25. The molecular weight excluding hydrogens is 164 g/mol. The molecule has 0 aliphatic carbocycles. The van der Waals surface area contributed by atoms with Gasteiger partial charge in [-0.15, -0.1) is 11.6 Å². The lowest BCUT2D eigenvalue weighted by atomic mass is 10.3. The first kappa shape index (κ1) is 10.7. The van der Waals surface area contributed by atoms with Gasteiger partial charge in [0, 0.05) is 18.8 Å². The molecule has 11 heavy (non-hydrogen) atoms. The first-order valence-electron chi connectivity index (χ1n) is 3.84. The number of nitrogens with one attached hydrogen (secondary N) is 1. The largest absolute Gasteiger partial charge is 0.356 e. The van der Waals surface area contributed by atoms with Crippen molar-refractivity contribution >= 4 is 17.5 Å². The average Bonchev–Trinajstić information content (AvgIpc) is 2.01. The molecule has 0 saturated carbocycles. The van der Waals surface area contributed by atoms with Crippen molar-refractivity contribution in [2.75, 3.05) is 19.0 Å². The maximum atomic E-state index is 10.9. The Labute approximate surface area is 72.3 Å². The molecule has 66 valence electrons. The van der Waals surface area contributed by atoms with Crippen LogP contribution in [0.1, 0.15) is 19.3 Å². The van der Waals surface area contributed by atoms with E-state index < -0.39 is 0 Å². The maximum Gasteiger partial charge on any atom is 0.220 e. The van der Waals surface area contributed by atoms with Gasteiger partial charge in [0.1, 0.15) is 0 Å². The van der Waals surface area contributed by atoms with Crippen molar-refractivity contribution in [3.8, 4) is 0 Å². The van der Waals surface area contributed by atoms with Crippen LogP contribution in [0, 0.1) is 0 Å². The monoisotopic (exact) mass is 178 g/mol. The van der Waals surface area contributed by atoms with E-state index in [-0.39, 0.29) is 5.91 Å². The van der Waals surface area contributed by atoms with Crippen molar-refractivity contribution in [2.24, 2.45) is 5.73 Å². The molecule has 0 fully saturated rings. The Hall–Kier alpha value is -0.280. The second-order valence-corrected chi connectivity index (χ2v) is 2.66. The minimum atomic E-state index is 0.0686. The van der Waals surface area contributed by atoms with Crippen LogP contribution >= 0.6 is 11.6 Å². The van der Waals surface area contributed by atoms with Gasteiger partial charge in [-0.2, -0.15) is 0 Å². The van der Waals surface area contributed by atoms with Crippen molar-refractivity contribution in [1.82, 2.24) is 5.32 Å². The van der Waals surface area contributed by atoms with Crippen molar-refractivity contribution in [2.45, 2.75) is 19.3 Å². The Morgan fingerprint density at radius 3 is 2.73 bits per heavy atom. The summed E-state index contributed by atoms with van der Waals surface area (Å²) >= 11 is 5.41. The van der Waals surface area contributed by atoms with Gasteiger partial charge < -0.3 is 11.1 Å². The molecule has 0 heterocycles. The number of amides is 1. The minimum Gasteiger partial charge on any atom is -0.356 e.